The van der Waals surface area contributed by atoms with E-state index in [1.165, 1.54) is 15.9 Å². The number of pyridine rings is 2. The summed E-state index contributed by atoms with van der Waals surface area (Å²) in [6, 6.07) is 9.39. The molecule has 1 aliphatic heterocycles. The average molecular weight is 696 g/mol. The molecule has 1 aromatic carbocycles. The van der Waals surface area contributed by atoms with Crippen molar-refractivity contribution in [2.75, 3.05) is 31.7 Å². The normalized spacial score (nSPS) is 15.9. The van der Waals surface area contributed by atoms with Gasteiger partial charge in [0.25, 0.3) is 5.56 Å². The highest BCUT2D eigenvalue weighted by atomic mass is 35.5. The summed E-state index contributed by atoms with van der Waals surface area (Å²) in [5.41, 5.74) is 2.45. The molecule has 248 valence electrons. The van der Waals surface area contributed by atoms with Gasteiger partial charge in [0.05, 0.1) is 39.4 Å². The molecule has 7 rings (SSSR count). The molecule has 0 spiro atoms. The van der Waals surface area contributed by atoms with Crippen molar-refractivity contribution >= 4 is 55.8 Å². The number of aromatic carboxylic acids is 1. The molecule has 10 nitrogen and oxygen atoms in total. The number of hydrogen-bond acceptors (Lipinski definition) is 9. The fraction of sp³-hybridized carbons (Fsp3) is 0.333. The molecule has 2 fully saturated rings. The number of nitriles is 1. The van der Waals surface area contributed by atoms with Crippen LogP contribution in [0.15, 0.2) is 46.8 Å². The predicted octanol–water partition coefficient (Wildman–Crippen LogP) is 6.05. The molecular weight excluding hydrogens is 665 g/mol. The zero-order chi connectivity index (χ0) is 34.4. The number of piperidine rings is 1. The topological polar surface area (TPSA) is 128 Å². The molecule has 0 bridgehead atoms. The van der Waals surface area contributed by atoms with E-state index in [1.807, 2.05) is 11.9 Å². The molecule has 1 saturated heterocycles. The van der Waals surface area contributed by atoms with Gasteiger partial charge in [0.1, 0.15) is 29.9 Å². The first-order valence-corrected chi connectivity index (χ1v) is 17.1. The maximum absolute atomic E-state index is 14.0. The number of aryl methyl sites for hydroxylation is 1. The first kappa shape index (κ1) is 32.7. The van der Waals surface area contributed by atoms with Gasteiger partial charge in [-0.15, -0.1) is 11.3 Å². The number of benzene rings is 1. The van der Waals surface area contributed by atoms with E-state index in [0.717, 1.165) is 44.3 Å². The molecule has 0 radical (unpaired) electrons. The van der Waals surface area contributed by atoms with E-state index in [2.05, 4.69) is 37.8 Å². The maximum Gasteiger partial charge on any atom is 0.338 e. The van der Waals surface area contributed by atoms with Crippen LogP contribution in [0.3, 0.4) is 0 Å². The van der Waals surface area contributed by atoms with Crippen molar-refractivity contribution in [3.8, 4) is 29.0 Å². The van der Waals surface area contributed by atoms with Crippen LogP contribution in [0.5, 0.6) is 0 Å². The Hall–Kier alpha value is -4.88. The largest absolute Gasteiger partial charge is 0.478 e. The Morgan fingerprint density at radius 3 is 2.69 bits per heavy atom. The molecule has 0 amide bonds. The van der Waals surface area contributed by atoms with Crippen LogP contribution in [-0.2, 0) is 6.54 Å². The molecule has 0 unspecified atom stereocenters. The third-order valence-electron chi connectivity index (χ3n) is 9.79. The number of nitrogens with zero attached hydrogens (tertiary/aromatic N) is 7. The summed E-state index contributed by atoms with van der Waals surface area (Å²) in [4.78, 5) is 43.4. The van der Waals surface area contributed by atoms with Gasteiger partial charge in [0.15, 0.2) is 0 Å². The van der Waals surface area contributed by atoms with Crippen molar-refractivity contribution in [1.82, 2.24) is 24.4 Å². The number of halogens is 2. The summed E-state index contributed by atoms with van der Waals surface area (Å²) in [5.74, 6) is 6.07. The lowest BCUT2D eigenvalue weighted by Crippen LogP contribution is -2.49. The Labute approximate surface area is 290 Å². The minimum absolute atomic E-state index is 0.0107. The summed E-state index contributed by atoms with van der Waals surface area (Å²) < 4.78 is 15.8. The smallest absolute Gasteiger partial charge is 0.338 e. The van der Waals surface area contributed by atoms with E-state index >= 15 is 0 Å². The van der Waals surface area contributed by atoms with Gasteiger partial charge in [0, 0.05) is 65.0 Å². The Balaban J connectivity index is 1.20. The van der Waals surface area contributed by atoms with Gasteiger partial charge in [-0.25, -0.2) is 19.2 Å². The predicted molar refractivity (Wildman–Crippen MR) is 188 cm³/mol. The number of fused-ring (bicyclic) bond motifs is 2. The Morgan fingerprint density at radius 1 is 1.22 bits per heavy atom. The first-order chi connectivity index (χ1) is 23.7. The van der Waals surface area contributed by atoms with Crippen LogP contribution in [-0.4, -0.2) is 73.9 Å². The van der Waals surface area contributed by atoms with Crippen LogP contribution in [0.4, 0.5) is 10.2 Å². The van der Waals surface area contributed by atoms with Crippen LogP contribution in [0.25, 0.3) is 32.2 Å². The van der Waals surface area contributed by atoms with Crippen molar-refractivity contribution in [2.24, 2.45) is 0 Å². The van der Waals surface area contributed by atoms with Crippen LogP contribution in [0.2, 0.25) is 5.02 Å². The quantitative estimate of drug-likeness (QED) is 0.202. The molecule has 1 N–H and O–H groups in total. The maximum atomic E-state index is 14.0. The third kappa shape index (κ3) is 5.80. The molecule has 0 atom stereocenters. The monoisotopic (exact) mass is 695 g/mol. The Morgan fingerprint density at radius 2 is 2.00 bits per heavy atom. The number of carbonyl (C=O) groups is 1. The number of rotatable bonds is 7. The summed E-state index contributed by atoms with van der Waals surface area (Å²) in [5, 5.41) is 22.2. The lowest BCUT2D eigenvalue weighted by molar-refractivity contribution is 0.0699. The van der Waals surface area contributed by atoms with Gasteiger partial charge < -0.3 is 10.0 Å². The highest BCUT2D eigenvalue weighted by molar-refractivity contribution is 7.18. The van der Waals surface area contributed by atoms with Crippen LogP contribution in [0, 0.1) is 30.1 Å². The van der Waals surface area contributed by atoms with Gasteiger partial charge in [-0.3, -0.25) is 19.2 Å². The van der Waals surface area contributed by atoms with E-state index in [4.69, 9.17) is 11.6 Å². The number of anilines is 1. The van der Waals surface area contributed by atoms with E-state index in [9.17, 15) is 24.3 Å². The van der Waals surface area contributed by atoms with Gasteiger partial charge in [-0.1, -0.05) is 23.4 Å². The fourth-order valence-electron chi connectivity index (χ4n) is 6.81. The molecule has 2 aliphatic rings. The molecule has 5 heterocycles. The van der Waals surface area contributed by atoms with Crippen molar-refractivity contribution in [3.63, 3.8) is 0 Å². The second-order valence-corrected chi connectivity index (χ2v) is 13.9. The molecule has 5 aromatic rings. The Bertz CT molecular complexity index is 2310. The number of hydrogen-bond donors (Lipinski definition) is 1. The number of aromatic nitrogens is 4. The third-order valence-corrected chi connectivity index (χ3v) is 11.0. The van der Waals surface area contributed by atoms with Gasteiger partial charge in [0.2, 0.25) is 0 Å². The van der Waals surface area contributed by atoms with E-state index < -0.39 is 5.97 Å². The zero-order valence-corrected chi connectivity index (χ0v) is 28.4. The summed E-state index contributed by atoms with van der Waals surface area (Å²) in [6.45, 7) is 2.96. The van der Waals surface area contributed by atoms with Crippen molar-refractivity contribution in [2.45, 2.75) is 50.7 Å². The van der Waals surface area contributed by atoms with Gasteiger partial charge in [-0.2, -0.15) is 5.26 Å². The van der Waals surface area contributed by atoms with Crippen molar-refractivity contribution in [1.29, 1.82) is 5.26 Å². The highest BCUT2D eigenvalue weighted by Crippen LogP contribution is 2.44. The van der Waals surface area contributed by atoms with E-state index in [-0.39, 0.29) is 46.9 Å². The molecular formula is C36H31ClFN7O3S. The summed E-state index contributed by atoms with van der Waals surface area (Å²) in [6.07, 6.45) is 6.51. The van der Waals surface area contributed by atoms with Gasteiger partial charge >= 0.3 is 5.97 Å². The molecule has 4 aromatic heterocycles. The summed E-state index contributed by atoms with van der Waals surface area (Å²) >= 11 is 7.67. The van der Waals surface area contributed by atoms with Crippen LogP contribution in [0.1, 0.15) is 53.0 Å². The number of carboxylic acids is 1. The fourth-order valence-corrected chi connectivity index (χ4v) is 8.01. The number of carboxylic acid groups (broad SMARTS) is 1. The second kappa shape index (κ2) is 12.9. The lowest BCUT2D eigenvalue weighted by atomic mass is 10.00. The van der Waals surface area contributed by atoms with Crippen molar-refractivity contribution in [3.05, 3.63) is 79.9 Å². The number of likely N-dealkylation sites (tertiary alicyclic amines) is 1. The molecule has 1 saturated carbocycles. The first-order valence-electron chi connectivity index (χ1n) is 15.9. The van der Waals surface area contributed by atoms with E-state index in [0.29, 0.717) is 43.5 Å². The number of alkyl halides is 1. The van der Waals surface area contributed by atoms with E-state index in [1.54, 1.807) is 49.0 Å². The minimum atomic E-state index is -1.05. The van der Waals surface area contributed by atoms with Crippen molar-refractivity contribution < 1.29 is 14.3 Å². The zero-order valence-electron chi connectivity index (χ0n) is 26.8. The molecule has 1 aliphatic carbocycles. The molecule has 49 heavy (non-hydrogen) atoms. The lowest BCUT2D eigenvalue weighted by Gasteiger charge is -2.40. The Kier molecular flexibility index (Phi) is 8.57. The van der Waals surface area contributed by atoms with Crippen LogP contribution >= 0.6 is 22.9 Å². The number of thiophene rings is 1. The van der Waals surface area contributed by atoms with Crippen LogP contribution < -0.4 is 10.5 Å². The average Bonchev–Trinajstić information content (AvgIpc) is 3.79. The minimum Gasteiger partial charge on any atom is -0.478 e. The highest BCUT2D eigenvalue weighted by Gasteiger charge is 2.49. The second-order valence-electron chi connectivity index (χ2n) is 12.5. The SMILES string of the molecule is Cc1nc2cnc(N(C)C3CCN(C4(CF)CC4)CC3)c(C#N)c2c(=O)n1CC#Cc1ccc(Cl)cc1-c1ccnc2c(C(=O)O)csc12. The summed E-state index contributed by atoms with van der Waals surface area (Å²) in [7, 11) is 1.89. The van der Waals surface area contributed by atoms with Gasteiger partial charge in [-0.05, 0) is 56.9 Å². The standard InChI is InChI=1S/C36H31ClFN7O3S/c1-21-42-29-18-41-33(43(2)24-8-14-44(15-9-24)36(20-38)10-11-36)27(17-39)30(29)34(46)45(21)13-3-4-22-5-6-23(37)16-26(22)25-7-12-40-31-28(35(47)48)19-49-32(25)31/h5-7,12,16,18-19,24H,8-11,13-15,20H2,1-2H3,(H,47,48). The molecule has 13 heteroatoms.